The summed E-state index contributed by atoms with van der Waals surface area (Å²) < 4.78 is 40.9. The van der Waals surface area contributed by atoms with E-state index in [-0.39, 0.29) is 6.61 Å². The molecule has 118 valence electrons. The number of hydrogen-bond acceptors (Lipinski definition) is 4. The lowest BCUT2D eigenvalue weighted by atomic mass is 9.97. The van der Waals surface area contributed by atoms with E-state index in [1.165, 1.54) is 7.11 Å². The summed E-state index contributed by atoms with van der Waals surface area (Å²) in [5.41, 5.74) is 0. The molecule has 1 aliphatic rings. The van der Waals surface area contributed by atoms with E-state index in [0.29, 0.717) is 19.5 Å². The van der Waals surface area contributed by atoms with Crippen molar-refractivity contribution in [2.24, 2.45) is 5.92 Å². The van der Waals surface area contributed by atoms with E-state index in [1.54, 1.807) is 0 Å². The van der Waals surface area contributed by atoms with Crippen LogP contribution in [0.25, 0.3) is 0 Å². The number of aliphatic hydroxyl groups is 1. The van der Waals surface area contributed by atoms with Gasteiger partial charge in [-0.3, -0.25) is 9.69 Å². The number of carbonyl (C=O) groups excluding carboxylic acids is 1. The Balaban J connectivity index is 2.38. The fraction of sp³-hybridized carbons (Fsp3) is 0.917. The van der Waals surface area contributed by atoms with Gasteiger partial charge in [0.05, 0.1) is 18.6 Å². The fourth-order valence-electron chi connectivity index (χ4n) is 2.31. The summed E-state index contributed by atoms with van der Waals surface area (Å²) in [5.74, 6) is -1.03. The number of likely N-dealkylation sites (tertiary alicyclic amines) is 1. The first-order valence-corrected chi connectivity index (χ1v) is 6.55. The summed E-state index contributed by atoms with van der Waals surface area (Å²) in [6.45, 7) is 0.348. The highest BCUT2D eigenvalue weighted by atomic mass is 19.4. The van der Waals surface area contributed by atoms with E-state index in [9.17, 15) is 23.1 Å². The topological polar surface area (TPSA) is 61.8 Å². The molecule has 1 fully saturated rings. The third kappa shape index (κ3) is 6.53. The molecule has 1 aliphatic heterocycles. The van der Waals surface area contributed by atoms with E-state index in [4.69, 9.17) is 4.74 Å². The Morgan fingerprint density at radius 3 is 2.85 bits per heavy atom. The van der Waals surface area contributed by atoms with Crippen LogP contribution in [0.5, 0.6) is 0 Å². The molecular formula is C12H21F3N2O3. The Morgan fingerprint density at radius 1 is 1.55 bits per heavy atom. The minimum absolute atomic E-state index is 0.196. The van der Waals surface area contributed by atoms with Crippen molar-refractivity contribution in [3.05, 3.63) is 0 Å². The minimum Gasteiger partial charge on any atom is -0.389 e. The number of aliphatic hydroxyl groups excluding tert-OH is 1. The first-order valence-electron chi connectivity index (χ1n) is 6.55. The summed E-state index contributed by atoms with van der Waals surface area (Å²) in [4.78, 5) is 13.6. The number of nitrogens with one attached hydrogen (secondary N) is 1. The number of hydrogen-bond donors (Lipinski definition) is 2. The fourth-order valence-corrected chi connectivity index (χ4v) is 2.31. The van der Waals surface area contributed by atoms with E-state index < -0.39 is 30.7 Å². The Morgan fingerprint density at radius 2 is 2.25 bits per heavy atom. The van der Waals surface area contributed by atoms with Crippen LogP contribution in [0.1, 0.15) is 12.8 Å². The molecule has 1 rings (SSSR count). The average Bonchev–Trinajstić information content (AvgIpc) is 2.35. The third-order valence-electron chi connectivity index (χ3n) is 3.17. The van der Waals surface area contributed by atoms with Crippen molar-refractivity contribution < 1.29 is 27.8 Å². The zero-order chi connectivity index (χ0) is 15.2. The van der Waals surface area contributed by atoms with Gasteiger partial charge in [0.2, 0.25) is 5.91 Å². The molecule has 0 aromatic rings. The number of halogens is 3. The van der Waals surface area contributed by atoms with Gasteiger partial charge in [-0.25, -0.2) is 0 Å². The maximum atomic E-state index is 12.0. The summed E-state index contributed by atoms with van der Waals surface area (Å²) in [7, 11) is 1.48. The second-order valence-electron chi connectivity index (χ2n) is 5.04. The van der Waals surface area contributed by atoms with Crippen LogP contribution in [0.4, 0.5) is 13.2 Å². The number of ether oxygens (including phenoxy) is 1. The van der Waals surface area contributed by atoms with E-state index in [2.05, 4.69) is 0 Å². The van der Waals surface area contributed by atoms with Crippen molar-refractivity contribution in [1.29, 1.82) is 0 Å². The number of alkyl halides is 3. The van der Waals surface area contributed by atoms with Crippen LogP contribution in [0, 0.1) is 5.92 Å². The number of carbonyl (C=O) groups is 1. The SMILES string of the molecule is COCC(O)CN1CCCC(C(=O)NCC(F)(F)F)C1. The molecule has 0 saturated carbocycles. The van der Waals surface area contributed by atoms with Gasteiger partial charge in [-0.15, -0.1) is 0 Å². The smallest absolute Gasteiger partial charge is 0.389 e. The van der Waals surface area contributed by atoms with Crippen molar-refractivity contribution in [1.82, 2.24) is 10.2 Å². The van der Waals surface area contributed by atoms with Crippen LogP contribution in [0.15, 0.2) is 0 Å². The summed E-state index contributed by atoms with van der Waals surface area (Å²) in [5, 5.41) is 11.5. The van der Waals surface area contributed by atoms with E-state index in [1.807, 2.05) is 10.2 Å². The normalized spacial score (nSPS) is 22.6. The lowest BCUT2D eigenvalue weighted by molar-refractivity contribution is -0.142. The highest BCUT2D eigenvalue weighted by Gasteiger charge is 2.31. The van der Waals surface area contributed by atoms with E-state index in [0.717, 1.165) is 13.0 Å². The lowest BCUT2D eigenvalue weighted by Gasteiger charge is -2.33. The lowest BCUT2D eigenvalue weighted by Crippen LogP contribution is -2.47. The second kappa shape index (κ2) is 7.80. The quantitative estimate of drug-likeness (QED) is 0.744. The van der Waals surface area contributed by atoms with Crippen molar-refractivity contribution in [2.75, 3.05) is 39.9 Å². The molecule has 2 N–H and O–H groups in total. The van der Waals surface area contributed by atoms with Crippen molar-refractivity contribution >= 4 is 5.91 Å². The molecule has 20 heavy (non-hydrogen) atoms. The highest BCUT2D eigenvalue weighted by molar-refractivity contribution is 5.79. The molecule has 1 amide bonds. The molecule has 2 unspecified atom stereocenters. The summed E-state index contributed by atoms with van der Waals surface area (Å²) in [6, 6.07) is 0. The molecule has 1 heterocycles. The molecular weight excluding hydrogens is 277 g/mol. The maximum Gasteiger partial charge on any atom is 0.405 e. The Hall–Kier alpha value is -0.860. The number of rotatable bonds is 6. The van der Waals surface area contributed by atoms with Crippen LogP contribution < -0.4 is 5.32 Å². The van der Waals surface area contributed by atoms with Crippen LogP contribution in [-0.4, -0.2) is 68.1 Å². The molecule has 0 aromatic carbocycles. The zero-order valence-electron chi connectivity index (χ0n) is 11.4. The Bertz CT molecular complexity index is 313. The standard InChI is InChI=1S/C12H21F3N2O3/c1-20-7-10(18)6-17-4-2-3-9(5-17)11(19)16-8-12(13,14)15/h9-10,18H,2-8H2,1H3,(H,16,19). The minimum atomic E-state index is -4.39. The van der Waals surface area contributed by atoms with Crippen molar-refractivity contribution in [3.63, 3.8) is 0 Å². The van der Waals surface area contributed by atoms with Crippen LogP contribution in [-0.2, 0) is 9.53 Å². The predicted octanol–water partition coefficient (Wildman–Crippen LogP) is 0.384. The first-order chi connectivity index (χ1) is 9.31. The molecule has 0 radical (unpaired) electrons. The van der Waals surface area contributed by atoms with Crippen LogP contribution >= 0.6 is 0 Å². The molecule has 2 atom stereocenters. The molecule has 0 aliphatic carbocycles. The van der Waals surface area contributed by atoms with Gasteiger partial charge in [0.25, 0.3) is 0 Å². The maximum absolute atomic E-state index is 12.0. The monoisotopic (exact) mass is 298 g/mol. The largest absolute Gasteiger partial charge is 0.405 e. The van der Waals surface area contributed by atoms with Gasteiger partial charge in [0.1, 0.15) is 6.54 Å². The first kappa shape index (κ1) is 17.2. The number of methoxy groups -OCH3 is 1. The summed E-state index contributed by atoms with van der Waals surface area (Å²) >= 11 is 0. The number of piperidine rings is 1. The van der Waals surface area contributed by atoms with Gasteiger partial charge < -0.3 is 15.2 Å². The zero-order valence-corrected chi connectivity index (χ0v) is 11.4. The molecule has 0 spiro atoms. The van der Waals surface area contributed by atoms with Gasteiger partial charge >= 0.3 is 6.18 Å². The second-order valence-corrected chi connectivity index (χ2v) is 5.04. The van der Waals surface area contributed by atoms with Gasteiger partial charge in [0.15, 0.2) is 0 Å². The molecule has 5 nitrogen and oxygen atoms in total. The number of β-amino-alcohol motifs (C(OH)–C–C–N with tert-alkyl or cyclic N) is 1. The highest BCUT2D eigenvalue weighted by Crippen LogP contribution is 2.18. The van der Waals surface area contributed by atoms with Gasteiger partial charge in [-0.2, -0.15) is 13.2 Å². The number of nitrogens with zero attached hydrogens (tertiary/aromatic N) is 1. The van der Waals surface area contributed by atoms with Gasteiger partial charge in [0, 0.05) is 20.2 Å². The Kier molecular flexibility index (Phi) is 6.70. The average molecular weight is 298 g/mol. The van der Waals surface area contributed by atoms with E-state index >= 15 is 0 Å². The molecule has 1 saturated heterocycles. The van der Waals surface area contributed by atoms with Crippen LogP contribution in [0.3, 0.4) is 0 Å². The molecule has 0 aromatic heterocycles. The van der Waals surface area contributed by atoms with Gasteiger partial charge in [-0.05, 0) is 19.4 Å². The Labute approximate surface area is 116 Å². The number of amides is 1. The summed E-state index contributed by atoms with van der Waals surface area (Å²) in [6.07, 6.45) is -3.75. The van der Waals surface area contributed by atoms with Crippen molar-refractivity contribution in [3.8, 4) is 0 Å². The van der Waals surface area contributed by atoms with Crippen molar-refractivity contribution in [2.45, 2.75) is 25.1 Å². The molecule has 0 bridgehead atoms. The third-order valence-corrected chi connectivity index (χ3v) is 3.17. The van der Waals surface area contributed by atoms with Gasteiger partial charge in [-0.1, -0.05) is 0 Å². The van der Waals surface area contributed by atoms with Crippen LogP contribution in [0.2, 0.25) is 0 Å². The molecule has 8 heteroatoms. The predicted molar refractivity (Wildman–Crippen MR) is 66.1 cm³/mol.